The van der Waals surface area contributed by atoms with Gasteiger partial charge in [-0.25, -0.2) is 4.98 Å². The Morgan fingerprint density at radius 3 is 2.65 bits per heavy atom. The van der Waals surface area contributed by atoms with Crippen LogP contribution in [0.25, 0.3) is 17.0 Å². The van der Waals surface area contributed by atoms with Crippen LogP contribution in [-0.4, -0.2) is 25.5 Å². The molecule has 26 heavy (non-hydrogen) atoms. The molecule has 0 aliphatic rings. The number of ketones is 1. The van der Waals surface area contributed by atoms with E-state index in [0.29, 0.717) is 17.3 Å². The lowest BCUT2D eigenvalue weighted by Crippen LogP contribution is -2.14. The minimum absolute atomic E-state index is 0.0498. The molecule has 7 heteroatoms. The summed E-state index contributed by atoms with van der Waals surface area (Å²) in [7, 11) is 0. The number of hydrogen-bond donors (Lipinski definition) is 2. The molecule has 0 radical (unpaired) electrons. The zero-order valence-electron chi connectivity index (χ0n) is 14.0. The maximum Gasteiger partial charge on any atom is 0.274 e. The molecule has 0 amide bonds. The molecular formula is C19H16N4O2S. The first-order valence-electron chi connectivity index (χ1n) is 8.10. The van der Waals surface area contributed by atoms with Crippen LogP contribution in [0, 0.1) is 0 Å². The van der Waals surface area contributed by atoms with E-state index in [1.54, 1.807) is 24.8 Å². The highest BCUT2D eigenvalue weighted by atomic mass is 32.2. The fraction of sp³-hybridized carbons (Fsp3) is 0.105. The minimum Gasteiger partial charge on any atom is -0.322 e. The van der Waals surface area contributed by atoms with E-state index in [-0.39, 0.29) is 11.3 Å². The second kappa shape index (κ2) is 6.68. The average molecular weight is 364 g/mol. The lowest BCUT2D eigenvalue weighted by Gasteiger charge is -2.01. The van der Waals surface area contributed by atoms with Crippen molar-refractivity contribution in [3.8, 4) is 5.95 Å². The van der Waals surface area contributed by atoms with Gasteiger partial charge < -0.3 is 4.98 Å². The van der Waals surface area contributed by atoms with Gasteiger partial charge in [0.2, 0.25) is 5.95 Å². The lowest BCUT2D eigenvalue weighted by molar-refractivity contribution is 0.101. The number of imidazole rings is 1. The summed E-state index contributed by atoms with van der Waals surface area (Å²) in [4.78, 5) is 32.2. The largest absolute Gasteiger partial charge is 0.322 e. The monoisotopic (exact) mass is 364 g/mol. The van der Waals surface area contributed by atoms with Gasteiger partial charge in [0.15, 0.2) is 5.78 Å². The van der Waals surface area contributed by atoms with Crippen LogP contribution >= 0.6 is 11.8 Å². The predicted molar refractivity (Wildman–Crippen MR) is 102 cm³/mol. The maximum atomic E-state index is 12.3. The number of aromatic amines is 2. The van der Waals surface area contributed by atoms with Gasteiger partial charge in [0.05, 0.1) is 11.0 Å². The van der Waals surface area contributed by atoms with E-state index in [0.717, 1.165) is 21.6 Å². The van der Waals surface area contributed by atoms with Crippen molar-refractivity contribution in [3.05, 3.63) is 76.2 Å². The van der Waals surface area contributed by atoms with Crippen molar-refractivity contribution in [2.45, 2.75) is 17.6 Å². The molecule has 2 heterocycles. The number of rotatable bonds is 5. The van der Waals surface area contributed by atoms with Gasteiger partial charge in [0.25, 0.3) is 5.56 Å². The summed E-state index contributed by atoms with van der Waals surface area (Å²) in [6.07, 6.45) is 0. The number of H-pyrrole nitrogens is 2. The number of fused-ring (bicyclic) bond motifs is 1. The molecule has 0 fully saturated rings. The molecule has 6 nitrogen and oxygen atoms in total. The van der Waals surface area contributed by atoms with Gasteiger partial charge in [-0.05, 0) is 31.2 Å². The van der Waals surface area contributed by atoms with Gasteiger partial charge in [-0.2, -0.15) is 4.68 Å². The number of para-hydroxylation sites is 2. The summed E-state index contributed by atoms with van der Waals surface area (Å²) in [5.74, 6) is 1.13. The van der Waals surface area contributed by atoms with Gasteiger partial charge in [-0.3, -0.25) is 14.7 Å². The van der Waals surface area contributed by atoms with Crippen LogP contribution in [0.4, 0.5) is 0 Å². The number of nitrogens with one attached hydrogen (secondary N) is 2. The molecule has 2 N–H and O–H groups in total. The highest BCUT2D eigenvalue weighted by Gasteiger charge is 2.10. The number of Topliss-reactive ketones (excluding diaryl/α,β-unsaturated/α-hetero) is 1. The van der Waals surface area contributed by atoms with E-state index in [1.807, 2.05) is 48.5 Å². The Morgan fingerprint density at radius 1 is 1.15 bits per heavy atom. The fourth-order valence-electron chi connectivity index (χ4n) is 2.67. The standard InChI is InChI=1S/C19H16N4O2S/c1-12(24)13-6-8-15(9-7-13)26-11-14-10-18(25)23(22-14)19-20-16-4-2-3-5-17(16)21-19/h2-10,22H,11H2,1H3,(H,20,21). The third-order valence-electron chi connectivity index (χ3n) is 4.02. The lowest BCUT2D eigenvalue weighted by atomic mass is 10.2. The SMILES string of the molecule is CC(=O)c1ccc(SCc2cc(=O)n(-c3nc4ccccc4[nH]3)[nH]2)cc1. The third-order valence-corrected chi connectivity index (χ3v) is 5.08. The van der Waals surface area contributed by atoms with E-state index < -0.39 is 0 Å². The zero-order chi connectivity index (χ0) is 18.1. The molecule has 0 spiro atoms. The first-order chi connectivity index (χ1) is 12.6. The molecule has 0 atom stereocenters. The molecule has 0 aliphatic carbocycles. The minimum atomic E-state index is -0.161. The summed E-state index contributed by atoms with van der Waals surface area (Å²) in [5, 5.41) is 3.09. The van der Waals surface area contributed by atoms with Crippen molar-refractivity contribution in [3.63, 3.8) is 0 Å². The normalized spacial score (nSPS) is 11.1. The van der Waals surface area contributed by atoms with Crippen LogP contribution in [0.3, 0.4) is 0 Å². The van der Waals surface area contributed by atoms with Crippen LogP contribution in [-0.2, 0) is 5.75 Å². The number of thioether (sulfide) groups is 1. The molecule has 4 aromatic rings. The second-order valence-corrected chi connectivity index (χ2v) is 6.95. The number of nitrogens with zero attached hydrogens (tertiary/aromatic N) is 2. The first-order valence-corrected chi connectivity index (χ1v) is 9.08. The van der Waals surface area contributed by atoms with Crippen LogP contribution in [0.15, 0.2) is 64.3 Å². The van der Waals surface area contributed by atoms with Crippen LogP contribution in [0.2, 0.25) is 0 Å². The van der Waals surface area contributed by atoms with Crippen LogP contribution in [0.5, 0.6) is 0 Å². The molecule has 2 aromatic heterocycles. The van der Waals surface area contributed by atoms with Crippen molar-refractivity contribution in [2.24, 2.45) is 0 Å². The van der Waals surface area contributed by atoms with Crippen molar-refractivity contribution in [1.29, 1.82) is 0 Å². The molecule has 0 bridgehead atoms. The van der Waals surface area contributed by atoms with E-state index in [2.05, 4.69) is 15.1 Å². The second-order valence-electron chi connectivity index (χ2n) is 5.90. The number of aromatic nitrogens is 4. The first kappa shape index (κ1) is 16.4. The zero-order valence-corrected chi connectivity index (χ0v) is 14.8. The smallest absolute Gasteiger partial charge is 0.274 e. The van der Waals surface area contributed by atoms with Gasteiger partial charge in [0.1, 0.15) is 0 Å². The number of benzene rings is 2. The summed E-state index contributed by atoms with van der Waals surface area (Å²) >= 11 is 1.59. The molecule has 0 unspecified atom stereocenters. The highest BCUT2D eigenvalue weighted by Crippen LogP contribution is 2.22. The van der Waals surface area contributed by atoms with E-state index in [4.69, 9.17) is 0 Å². The molecular weight excluding hydrogens is 348 g/mol. The Morgan fingerprint density at radius 2 is 1.92 bits per heavy atom. The molecule has 130 valence electrons. The summed E-state index contributed by atoms with van der Waals surface area (Å²) in [6.45, 7) is 1.55. The van der Waals surface area contributed by atoms with E-state index >= 15 is 0 Å². The van der Waals surface area contributed by atoms with Gasteiger partial charge in [-0.15, -0.1) is 11.8 Å². The Labute approximate surface area is 153 Å². The van der Waals surface area contributed by atoms with Gasteiger partial charge >= 0.3 is 0 Å². The number of carbonyl (C=O) groups is 1. The van der Waals surface area contributed by atoms with Crippen molar-refractivity contribution in [2.75, 3.05) is 0 Å². The van der Waals surface area contributed by atoms with Crippen LogP contribution < -0.4 is 5.56 Å². The molecule has 0 aliphatic heterocycles. The topological polar surface area (TPSA) is 83.5 Å². The fourth-order valence-corrected chi connectivity index (χ4v) is 3.47. The average Bonchev–Trinajstić information content (AvgIpc) is 3.23. The van der Waals surface area contributed by atoms with E-state index in [9.17, 15) is 9.59 Å². The number of hydrogen-bond acceptors (Lipinski definition) is 4. The summed E-state index contributed by atoms with van der Waals surface area (Å²) < 4.78 is 1.41. The van der Waals surface area contributed by atoms with Crippen molar-refractivity contribution in [1.82, 2.24) is 19.7 Å². The Bertz CT molecular complexity index is 1110. The quantitative estimate of drug-likeness (QED) is 0.419. The molecule has 4 rings (SSSR count). The van der Waals surface area contributed by atoms with Crippen molar-refractivity contribution < 1.29 is 4.79 Å². The predicted octanol–water partition coefficient (Wildman–Crippen LogP) is 3.54. The summed E-state index contributed by atoms with van der Waals surface area (Å²) in [5.41, 5.74) is 3.03. The Kier molecular flexibility index (Phi) is 4.22. The Balaban J connectivity index is 1.53. The summed E-state index contributed by atoms with van der Waals surface area (Å²) in [6, 6.07) is 16.7. The third kappa shape index (κ3) is 3.21. The van der Waals surface area contributed by atoms with E-state index in [1.165, 1.54) is 4.68 Å². The maximum absolute atomic E-state index is 12.3. The van der Waals surface area contributed by atoms with Crippen molar-refractivity contribution >= 4 is 28.6 Å². The number of carbonyl (C=O) groups excluding carboxylic acids is 1. The van der Waals surface area contributed by atoms with Gasteiger partial charge in [-0.1, -0.05) is 24.3 Å². The molecule has 0 saturated carbocycles. The molecule has 2 aromatic carbocycles. The van der Waals surface area contributed by atoms with Crippen LogP contribution in [0.1, 0.15) is 23.0 Å². The highest BCUT2D eigenvalue weighted by molar-refractivity contribution is 7.98. The van der Waals surface area contributed by atoms with Gasteiger partial charge in [0, 0.05) is 28.0 Å². The molecule has 0 saturated heterocycles. The Hall–Kier alpha value is -3.06.